The van der Waals surface area contributed by atoms with E-state index in [-0.39, 0.29) is 5.54 Å². The zero-order chi connectivity index (χ0) is 13.3. The van der Waals surface area contributed by atoms with Gasteiger partial charge in [-0.3, -0.25) is 4.79 Å². The largest absolute Gasteiger partial charge is 0.314 e. The maximum Gasteiger partial charge on any atom is 0.134 e. The highest BCUT2D eigenvalue weighted by atomic mass is 16.1. The second kappa shape index (κ2) is 8.47. The van der Waals surface area contributed by atoms with Gasteiger partial charge in [-0.2, -0.15) is 0 Å². The predicted molar refractivity (Wildman–Crippen MR) is 77.8 cm³/mol. The normalized spacial score (nSPS) is 18.5. The fourth-order valence-corrected chi connectivity index (χ4v) is 3.00. The summed E-state index contributed by atoms with van der Waals surface area (Å²) < 4.78 is 0. The second-order valence-electron chi connectivity index (χ2n) is 5.69. The minimum Gasteiger partial charge on any atom is -0.314 e. The van der Waals surface area contributed by atoms with E-state index < -0.39 is 0 Å². The molecule has 104 valence electrons. The Labute approximate surface area is 112 Å². The van der Waals surface area contributed by atoms with Gasteiger partial charge in [-0.05, 0) is 39.2 Å². The smallest absolute Gasteiger partial charge is 0.134 e. The van der Waals surface area contributed by atoms with Crippen molar-refractivity contribution in [3.05, 3.63) is 12.7 Å². The van der Waals surface area contributed by atoms with Gasteiger partial charge in [-0.25, -0.2) is 0 Å². The number of carbonyl (C=O) groups is 1. The summed E-state index contributed by atoms with van der Waals surface area (Å²) in [5.74, 6) is 0.449. The molecule has 1 aliphatic rings. The number of hydrogen-bond donors (Lipinski definition) is 1. The highest BCUT2D eigenvalue weighted by molar-refractivity contribution is 5.79. The Morgan fingerprint density at radius 2 is 1.94 bits per heavy atom. The molecular formula is C16H29NO. The molecule has 0 radical (unpaired) electrons. The lowest BCUT2D eigenvalue weighted by Gasteiger charge is -2.36. The summed E-state index contributed by atoms with van der Waals surface area (Å²) in [6.45, 7) is 3.72. The van der Waals surface area contributed by atoms with Crippen LogP contribution in [0.1, 0.15) is 70.6 Å². The summed E-state index contributed by atoms with van der Waals surface area (Å²) in [7, 11) is 2.02. The van der Waals surface area contributed by atoms with Crippen molar-refractivity contribution < 1.29 is 4.79 Å². The lowest BCUT2D eigenvalue weighted by atomic mass is 9.78. The van der Waals surface area contributed by atoms with Crippen LogP contribution < -0.4 is 5.32 Å². The lowest BCUT2D eigenvalue weighted by molar-refractivity contribution is -0.121. The van der Waals surface area contributed by atoms with Crippen molar-refractivity contribution in [1.29, 1.82) is 0 Å². The molecule has 2 nitrogen and oxygen atoms in total. The molecule has 0 atom stereocenters. The molecule has 1 rings (SSSR count). The summed E-state index contributed by atoms with van der Waals surface area (Å²) in [6.07, 6.45) is 14.1. The van der Waals surface area contributed by atoms with Gasteiger partial charge in [0.1, 0.15) is 5.78 Å². The third kappa shape index (κ3) is 5.34. The van der Waals surface area contributed by atoms with E-state index in [1.165, 1.54) is 38.5 Å². The molecule has 0 saturated heterocycles. The number of Topliss-reactive ketones (excluding diaryl/α,β-unsaturated/α-hetero) is 1. The molecule has 0 heterocycles. The number of nitrogens with one attached hydrogen (secondary N) is 1. The Hall–Kier alpha value is -0.630. The Morgan fingerprint density at radius 3 is 2.56 bits per heavy atom. The van der Waals surface area contributed by atoms with Crippen LogP contribution in [0, 0.1) is 0 Å². The van der Waals surface area contributed by atoms with E-state index in [2.05, 4.69) is 11.9 Å². The van der Waals surface area contributed by atoms with Crippen molar-refractivity contribution in [2.45, 2.75) is 76.2 Å². The fourth-order valence-electron chi connectivity index (χ4n) is 3.00. The molecule has 0 aromatic heterocycles. The van der Waals surface area contributed by atoms with Crippen LogP contribution in [0.15, 0.2) is 12.7 Å². The number of ketones is 1. The van der Waals surface area contributed by atoms with Crippen LogP contribution >= 0.6 is 0 Å². The van der Waals surface area contributed by atoms with Gasteiger partial charge in [-0.15, -0.1) is 6.58 Å². The number of unbranched alkanes of at least 4 members (excludes halogenated alkanes) is 3. The predicted octanol–water partition coefficient (Wildman–Crippen LogP) is 4.00. The summed E-state index contributed by atoms with van der Waals surface area (Å²) >= 11 is 0. The molecule has 1 saturated carbocycles. The molecule has 0 aromatic carbocycles. The molecule has 0 bridgehead atoms. The van der Waals surface area contributed by atoms with Gasteiger partial charge in [-0.1, -0.05) is 31.8 Å². The van der Waals surface area contributed by atoms with Crippen molar-refractivity contribution in [2.24, 2.45) is 0 Å². The van der Waals surface area contributed by atoms with E-state index in [0.717, 1.165) is 32.1 Å². The first kappa shape index (κ1) is 15.4. The van der Waals surface area contributed by atoms with Gasteiger partial charge in [0.15, 0.2) is 0 Å². The molecule has 1 N–H and O–H groups in total. The molecule has 0 amide bonds. The number of allylic oxidation sites excluding steroid dienone is 1. The van der Waals surface area contributed by atoms with Crippen LogP contribution in [0.5, 0.6) is 0 Å². The SMILES string of the molecule is C=CCCCCCC(=O)CC1(NC)CCCCC1. The zero-order valence-electron chi connectivity index (χ0n) is 12.0. The Morgan fingerprint density at radius 1 is 1.22 bits per heavy atom. The monoisotopic (exact) mass is 251 g/mol. The Kier molecular flexibility index (Phi) is 7.26. The van der Waals surface area contributed by atoms with Gasteiger partial charge in [0, 0.05) is 18.4 Å². The molecule has 1 aliphatic carbocycles. The van der Waals surface area contributed by atoms with Crippen LogP contribution in [0.2, 0.25) is 0 Å². The average Bonchev–Trinajstić information content (AvgIpc) is 2.39. The first-order valence-electron chi connectivity index (χ1n) is 7.54. The van der Waals surface area contributed by atoms with Crippen LogP contribution in [0.25, 0.3) is 0 Å². The summed E-state index contributed by atoms with van der Waals surface area (Å²) in [4.78, 5) is 12.0. The van der Waals surface area contributed by atoms with Crippen molar-refractivity contribution in [1.82, 2.24) is 5.32 Å². The first-order chi connectivity index (χ1) is 8.72. The second-order valence-corrected chi connectivity index (χ2v) is 5.69. The van der Waals surface area contributed by atoms with Gasteiger partial charge in [0.25, 0.3) is 0 Å². The van der Waals surface area contributed by atoms with E-state index in [0.29, 0.717) is 5.78 Å². The van der Waals surface area contributed by atoms with Crippen molar-refractivity contribution in [2.75, 3.05) is 7.05 Å². The standard InChI is InChI=1S/C16H29NO/c1-3-4-5-6-8-11-15(18)14-16(17-2)12-9-7-10-13-16/h3,17H,1,4-14H2,2H3. The zero-order valence-corrected chi connectivity index (χ0v) is 12.0. The molecule has 0 aliphatic heterocycles. The van der Waals surface area contributed by atoms with E-state index in [4.69, 9.17) is 0 Å². The minimum atomic E-state index is 0.121. The topological polar surface area (TPSA) is 29.1 Å². The fraction of sp³-hybridized carbons (Fsp3) is 0.812. The quantitative estimate of drug-likeness (QED) is 0.495. The Bertz CT molecular complexity index is 254. The van der Waals surface area contributed by atoms with Gasteiger partial charge in [0.2, 0.25) is 0 Å². The van der Waals surface area contributed by atoms with E-state index in [1.54, 1.807) is 0 Å². The molecule has 0 unspecified atom stereocenters. The maximum absolute atomic E-state index is 12.0. The van der Waals surface area contributed by atoms with E-state index >= 15 is 0 Å². The summed E-state index contributed by atoms with van der Waals surface area (Å²) in [5.41, 5.74) is 0.121. The highest BCUT2D eigenvalue weighted by Gasteiger charge is 2.31. The van der Waals surface area contributed by atoms with Crippen LogP contribution in [0.3, 0.4) is 0 Å². The minimum absolute atomic E-state index is 0.121. The molecule has 18 heavy (non-hydrogen) atoms. The molecule has 0 aromatic rings. The third-order valence-corrected chi connectivity index (χ3v) is 4.24. The highest BCUT2D eigenvalue weighted by Crippen LogP contribution is 2.31. The summed E-state index contributed by atoms with van der Waals surface area (Å²) in [5, 5.41) is 3.42. The van der Waals surface area contributed by atoms with Crippen molar-refractivity contribution >= 4 is 5.78 Å². The molecule has 1 fully saturated rings. The number of carbonyl (C=O) groups excluding carboxylic acids is 1. The molecular weight excluding hydrogens is 222 g/mol. The van der Waals surface area contributed by atoms with E-state index in [1.807, 2.05) is 13.1 Å². The molecule has 0 spiro atoms. The first-order valence-corrected chi connectivity index (χ1v) is 7.54. The third-order valence-electron chi connectivity index (χ3n) is 4.24. The van der Waals surface area contributed by atoms with Gasteiger partial charge in [0.05, 0.1) is 0 Å². The van der Waals surface area contributed by atoms with Crippen molar-refractivity contribution in [3.8, 4) is 0 Å². The van der Waals surface area contributed by atoms with E-state index in [9.17, 15) is 4.79 Å². The van der Waals surface area contributed by atoms with Gasteiger partial charge < -0.3 is 5.32 Å². The Balaban J connectivity index is 2.22. The van der Waals surface area contributed by atoms with Crippen molar-refractivity contribution in [3.63, 3.8) is 0 Å². The molecule has 2 heteroatoms. The summed E-state index contributed by atoms with van der Waals surface area (Å²) in [6, 6.07) is 0. The maximum atomic E-state index is 12.0. The number of hydrogen-bond acceptors (Lipinski definition) is 2. The van der Waals surface area contributed by atoms with Crippen LogP contribution in [-0.4, -0.2) is 18.4 Å². The van der Waals surface area contributed by atoms with Crippen LogP contribution in [-0.2, 0) is 4.79 Å². The number of rotatable bonds is 9. The average molecular weight is 251 g/mol. The lowest BCUT2D eigenvalue weighted by Crippen LogP contribution is -2.46. The van der Waals surface area contributed by atoms with Crippen LogP contribution in [0.4, 0.5) is 0 Å². The van der Waals surface area contributed by atoms with Gasteiger partial charge >= 0.3 is 0 Å².